The van der Waals surface area contributed by atoms with Crippen molar-refractivity contribution in [2.75, 3.05) is 17.3 Å². The van der Waals surface area contributed by atoms with Gasteiger partial charge in [0.2, 0.25) is 5.95 Å². The van der Waals surface area contributed by atoms with Crippen LogP contribution in [0.1, 0.15) is 0 Å². The van der Waals surface area contributed by atoms with Crippen LogP contribution in [-0.2, 0) is 0 Å². The summed E-state index contributed by atoms with van der Waals surface area (Å²) in [7, 11) is 1.95. The van der Waals surface area contributed by atoms with Gasteiger partial charge in [0.05, 0.1) is 15.7 Å². The summed E-state index contributed by atoms with van der Waals surface area (Å²) in [5, 5.41) is 4.02. The van der Waals surface area contributed by atoms with Gasteiger partial charge in [-0.2, -0.15) is 4.98 Å². The molecule has 0 aliphatic heterocycles. The maximum Gasteiger partial charge on any atom is 0.229 e. The molecule has 116 valence electrons. The number of nitrogens with zero attached hydrogens (tertiary/aromatic N) is 3. The Morgan fingerprint density at radius 1 is 0.957 bits per heavy atom. The predicted octanol–water partition coefficient (Wildman–Crippen LogP) is 5.29. The van der Waals surface area contributed by atoms with E-state index in [1.807, 2.05) is 60.5 Å². The lowest BCUT2D eigenvalue weighted by Gasteiger charge is -2.18. The number of rotatable bonds is 4. The van der Waals surface area contributed by atoms with E-state index in [0.717, 1.165) is 11.5 Å². The Morgan fingerprint density at radius 3 is 2.52 bits per heavy atom. The van der Waals surface area contributed by atoms with Crippen molar-refractivity contribution in [3.8, 4) is 0 Å². The average molecular weight is 345 g/mol. The molecule has 0 fully saturated rings. The van der Waals surface area contributed by atoms with Gasteiger partial charge in [0.25, 0.3) is 0 Å². The van der Waals surface area contributed by atoms with Gasteiger partial charge in [-0.25, -0.2) is 4.98 Å². The third-order valence-electron chi connectivity index (χ3n) is 3.33. The predicted molar refractivity (Wildman–Crippen MR) is 96.3 cm³/mol. The molecule has 23 heavy (non-hydrogen) atoms. The Morgan fingerprint density at radius 2 is 1.74 bits per heavy atom. The van der Waals surface area contributed by atoms with Gasteiger partial charge in [0.1, 0.15) is 5.82 Å². The van der Waals surface area contributed by atoms with Crippen molar-refractivity contribution in [2.24, 2.45) is 0 Å². The van der Waals surface area contributed by atoms with Gasteiger partial charge in [-0.15, -0.1) is 0 Å². The number of nitrogens with one attached hydrogen (secondary N) is 1. The van der Waals surface area contributed by atoms with Crippen LogP contribution in [0, 0.1) is 0 Å². The smallest absolute Gasteiger partial charge is 0.229 e. The summed E-state index contributed by atoms with van der Waals surface area (Å²) >= 11 is 12.2. The Kier molecular flexibility index (Phi) is 4.65. The van der Waals surface area contributed by atoms with E-state index in [0.29, 0.717) is 21.7 Å². The van der Waals surface area contributed by atoms with Crippen LogP contribution in [0.25, 0.3) is 0 Å². The molecule has 4 nitrogen and oxygen atoms in total. The van der Waals surface area contributed by atoms with E-state index in [1.54, 1.807) is 12.3 Å². The highest BCUT2D eigenvalue weighted by Crippen LogP contribution is 2.31. The van der Waals surface area contributed by atoms with Crippen LogP contribution in [0.5, 0.6) is 0 Å². The summed E-state index contributed by atoms with van der Waals surface area (Å²) in [5.74, 6) is 1.22. The van der Waals surface area contributed by atoms with Crippen LogP contribution in [0.15, 0.2) is 60.8 Å². The molecule has 1 aromatic heterocycles. The van der Waals surface area contributed by atoms with Crippen molar-refractivity contribution in [2.45, 2.75) is 0 Å². The molecule has 0 amide bonds. The summed E-state index contributed by atoms with van der Waals surface area (Å²) in [6.45, 7) is 0. The Bertz CT molecular complexity index is 809. The topological polar surface area (TPSA) is 41.1 Å². The zero-order valence-electron chi connectivity index (χ0n) is 12.4. The maximum absolute atomic E-state index is 6.18. The second-order valence-electron chi connectivity index (χ2n) is 4.86. The molecule has 3 rings (SSSR count). The van der Waals surface area contributed by atoms with Crippen molar-refractivity contribution in [3.05, 3.63) is 70.8 Å². The molecule has 0 saturated heterocycles. The highest BCUT2D eigenvalue weighted by atomic mass is 35.5. The van der Waals surface area contributed by atoms with Crippen LogP contribution in [0.2, 0.25) is 10.0 Å². The molecular weight excluding hydrogens is 331 g/mol. The highest BCUT2D eigenvalue weighted by molar-refractivity contribution is 6.43. The molecule has 1 heterocycles. The Balaban J connectivity index is 1.87. The molecule has 0 spiro atoms. The fourth-order valence-electron chi connectivity index (χ4n) is 2.10. The standard InChI is InChI=1S/C17H14Cl2N4/c1-23(12-6-3-2-4-7-12)15-10-11-20-17(22-15)21-14-9-5-8-13(18)16(14)19/h2-11H,1H3,(H,20,21,22). The molecule has 3 aromatic rings. The van der Waals surface area contributed by atoms with E-state index in [1.165, 1.54) is 0 Å². The van der Waals surface area contributed by atoms with Crippen LogP contribution in [-0.4, -0.2) is 17.0 Å². The van der Waals surface area contributed by atoms with Gasteiger partial charge in [-0.1, -0.05) is 47.5 Å². The zero-order valence-corrected chi connectivity index (χ0v) is 13.9. The van der Waals surface area contributed by atoms with Crippen LogP contribution < -0.4 is 10.2 Å². The normalized spacial score (nSPS) is 10.4. The van der Waals surface area contributed by atoms with Gasteiger partial charge in [-0.05, 0) is 30.3 Å². The molecule has 2 aromatic carbocycles. The van der Waals surface area contributed by atoms with Crippen molar-refractivity contribution in [1.29, 1.82) is 0 Å². The van der Waals surface area contributed by atoms with Gasteiger partial charge >= 0.3 is 0 Å². The lowest BCUT2D eigenvalue weighted by molar-refractivity contribution is 1.08. The summed E-state index contributed by atoms with van der Waals surface area (Å²) in [4.78, 5) is 10.7. The number of hydrogen-bond acceptors (Lipinski definition) is 4. The second kappa shape index (κ2) is 6.86. The van der Waals surface area contributed by atoms with Gasteiger partial charge < -0.3 is 10.2 Å². The minimum absolute atomic E-state index is 0.444. The van der Waals surface area contributed by atoms with E-state index in [9.17, 15) is 0 Å². The number of hydrogen-bond donors (Lipinski definition) is 1. The van der Waals surface area contributed by atoms with Crippen molar-refractivity contribution in [3.63, 3.8) is 0 Å². The first-order chi connectivity index (χ1) is 11.1. The third kappa shape index (κ3) is 3.55. The van der Waals surface area contributed by atoms with Crippen molar-refractivity contribution in [1.82, 2.24) is 9.97 Å². The monoisotopic (exact) mass is 344 g/mol. The molecule has 0 aliphatic carbocycles. The quantitative estimate of drug-likeness (QED) is 0.697. The van der Waals surface area contributed by atoms with Gasteiger partial charge in [-0.3, -0.25) is 0 Å². The largest absolute Gasteiger partial charge is 0.329 e. The first kappa shape index (κ1) is 15.6. The number of halogens is 2. The number of aromatic nitrogens is 2. The fraction of sp³-hybridized carbons (Fsp3) is 0.0588. The van der Waals surface area contributed by atoms with Crippen molar-refractivity contribution >= 4 is 46.3 Å². The van der Waals surface area contributed by atoms with E-state index < -0.39 is 0 Å². The average Bonchev–Trinajstić information content (AvgIpc) is 2.59. The molecule has 0 radical (unpaired) electrons. The first-order valence-electron chi connectivity index (χ1n) is 6.98. The Labute approximate surface area is 144 Å². The van der Waals surface area contributed by atoms with Crippen molar-refractivity contribution < 1.29 is 0 Å². The minimum atomic E-state index is 0.444. The number of anilines is 4. The van der Waals surface area contributed by atoms with Gasteiger partial charge in [0.15, 0.2) is 0 Å². The van der Waals surface area contributed by atoms with Gasteiger partial charge in [0, 0.05) is 18.9 Å². The summed E-state index contributed by atoms with van der Waals surface area (Å²) < 4.78 is 0. The third-order valence-corrected chi connectivity index (χ3v) is 4.14. The molecule has 0 aliphatic rings. The molecule has 0 bridgehead atoms. The Hall–Kier alpha value is -2.30. The van der Waals surface area contributed by atoms with E-state index >= 15 is 0 Å². The SMILES string of the molecule is CN(c1ccccc1)c1ccnc(Nc2cccc(Cl)c2Cl)n1. The summed E-state index contributed by atoms with van der Waals surface area (Å²) in [5.41, 5.74) is 1.71. The zero-order chi connectivity index (χ0) is 16.2. The van der Waals surface area contributed by atoms with Crippen LogP contribution >= 0.6 is 23.2 Å². The number of para-hydroxylation sites is 1. The first-order valence-corrected chi connectivity index (χ1v) is 7.73. The van der Waals surface area contributed by atoms with E-state index in [2.05, 4.69) is 15.3 Å². The van der Waals surface area contributed by atoms with Crippen LogP contribution in [0.3, 0.4) is 0 Å². The lowest BCUT2D eigenvalue weighted by Crippen LogP contribution is -2.12. The highest BCUT2D eigenvalue weighted by Gasteiger charge is 2.09. The van der Waals surface area contributed by atoms with E-state index in [4.69, 9.17) is 23.2 Å². The molecule has 0 unspecified atom stereocenters. The maximum atomic E-state index is 6.18. The molecule has 1 N–H and O–H groups in total. The fourth-order valence-corrected chi connectivity index (χ4v) is 2.45. The second-order valence-corrected chi connectivity index (χ2v) is 5.64. The molecular formula is C17H14Cl2N4. The molecule has 0 atom stereocenters. The summed E-state index contributed by atoms with van der Waals surface area (Å²) in [6, 6.07) is 17.2. The van der Waals surface area contributed by atoms with E-state index in [-0.39, 0.29) is 0 Å². The summed E-state index contributed by atoms with van der Waals surface area (Å²) in [6.07, 6.45) is 1.70. The lowest BCUT2D eigenvalue weighted by atomic mass is 10.3. The number of benzene rings is 2. The molecule has 6 heteroatoms. The minimum Gasteiger partial charge on any atom is -0.329 e. The molecule has 0 saturated carbocycles. The van der Waals surface area contributed by atoms with Crippen LogP contribution in [0.4, 0.5) is 23.1 Å².